The minimum Gasteiger partial charge on any atom is -0.443 e. The van der Waals surface area contributed by atoms with Crippen molar-refractivity contribution < 1.29 is 9.21 Å². The van der Waals surface area contributed by atoms with Gasteiger partial charge in [-0.2, -0.15) is 0 Å². The second-order valence-electron chi connectivity index (χ2n) is 7.20. The van der Waals surface area contributed by atoms with Crippen molar-refractivity contribution in [3.63, 3.8) is 0 Å². The van der Waals surface area contributed by atoms with Gasteiger partial charge < -0.3 is 9.32 Å². The van der Waals surface area contributed by atoms with Crippen molar-refractivity contribution >= 4 is 17.5 Å². The third-order valence-corrected chi connectivity index (χ3v) is 5.53. The number of hydrogen-bond donors (Lipinski definition) is 0. The molecule has 26 heavy (non-hydrogen) atoms. The summed E-state index contributed by atoms with van der Waals surface area (Å²) in [6.45, 7) is 3.39. The van der Waals surface area contributed by atoms with Crippen LogP contribution in [-0.4, -0.2) is 46.9 Å². The highest BCUT2D eigenvalue weighted by Crippen LogP contribution is 2.32. The van der Waals surface area contributed by atoms with E-state index in [2.05, 4.69) is 9.88 Å². The molecule has 1 amide bonds. The van der Waals surface area contributed by atoms with Crippen LogP contribution in [0.25, 0.3) is 0 Å². The van der Waals surface area contributed by atoms with E-state index in [0.717, 1.165) is 48.8 Å². The Morgan fingerprint density at radius 2 is 1.92 bits per heavy atom. The molecule has 6 heteroatoms. The van der Waals surface area contributed by atoms with Crippen LogP contribution in [0.3, 0.4) is 0 Å². The van der Waals surface area contributed by atoms with Gasteiger partial charge in [-0.1, -0.05) is 23.7 Å². The zero-order valence-corrected chi connectivity index (χ0v) is 15.6. The number of aromatic nitrogens is 1. The van der Waals surface area contributed by atoms with Gasteiger partial charge in [0.25, 0.3) is 0 Å². The largest absolute Gasteiger partial charge is 0.443 e. The predicted molar refractivity (Wildman–Crippen MR) is 100 cm³/mol. The Labute approximate surface area is 158 Å². The topological polar surface area (TPSA) is 49.6 Å². The second-order valence-corrected chi connectivity index (χ2v) is 7.63. The lowest BCUT2D eigenvalue weighted by molar-refractivity contribution is -0.133. The van der Waals surface area contributed by atoms with Gasteiger partial charge in [0.15, 0.2) is 0 Å². The molecule has 2 aromatic rings. The van der Waals surface area contributed by atoms with E-state index >= 15 is 0 Å². The van der Waals surface area contributed by atoms with Crippen LogP contribution >= 0.6 is 11.6 Å². The van der Waals surface area contributed by atoms with Crippen molar-refractivity contribution in [3.8, 4) is 0 Å². The number of carbonyl (C=O) groups excluding carboxylic acids is 1. The number of amides is 1. The Bertz CT molecular complexity index is 753. The Morgan fingerprint density at radius 3 is 2.69 bits per heavy atom. The van der Waals surface area contributed by atoms with Crippen molar-refractivity contribution in [2.75, 3.05) is 26.2 Å². The summed E-state index contributed by atoms with van der Waals surface area (Å²) >= 11 is 5.93. The lowest BCUT2D eigenvalue weighted by Gasteiger charge is -2.25. The van der Waals surface area contributed by atoms with Gasteiger partial charge in [0, 0.05) is 18.0 Å². The fourth-order valence-corrected chi connectivity index (χ4v) is 4.03. The third-order valence-electron chi connectivity index (χ3n) is 5.28. The van der Waals surface area contributed by atoms with Gasteiger partial charge in [-0.25, -0.2) is 4.98 Å². The fraction of sp³-hybridized carbons (Fsp3) is 0.500. The molecule has 1 aromatic carbocycles. The molecule has 0 bridgehead atoms. The highest BCUT2D eigenvalue weighted by atomic mass is 35.5. The third kappa shape index (κ3) is 3.94. The first-order chi connectivity index (χ1) is 12.7. The van der Waals surface area contributed by atoms with Gasteiger partial charge in [-0.05, 0) is 56.5 Å². The average Bonchev–Trinajstić information content (AvgIpc) is 3.37. The summed E-state index contributed by atoms with van der Waals surface area (Å²) in [5.74, 6) is 1.69. The van der Waals surface area contributed by atoms with Crippen LogP contribution in [0.4, 0.5) is 0 Å². The van der Waals surface area contributed by atoms with E-state index in [1.165, 1.54) is 12.8 Å². The van der Waals surface area contributed by atoms with Crippen molar-refractivity contribution in [1.29, 1.82) is 0 Å². The summed E-state index contributed by atoms with van der Waals surface area (Å²) in [5, 5.41) is 0.727. The van der Waals surface area contributed by atoms with Crippen LogP contribution < -0.4 is 0 Å². The number of carbonyl (C=O) groups is 1. The number of rotatable bonds is 5. The summed E-state index contributed by atoms with van der Waals surface area (Å²) in [5.41, 5.74) is 1.13. The number of nitrogens with zero attached hydrogens (tertiary/aromatic N) is 3. The number of oxazole rings is 1. The van der Waals surface area contributed by atoms with Crippen LogP contribution in [-0.2, 0) is 11.2 Å². The lowest BCUT2D eigenvalue weighted by Crippen LogP contribution is -2.39. The summed E-state index contributed by atoms with van der Waals surface area (Å²) < 4.78 is 6.00. The highest BCUT2D eigenvalue weighted by Gasteiger charge is 2.34. The second kappa shape index (κ2) is 7.80. The van der Waals surface area contributed by atoms with Crippen LogP contribution in [0.15, 0.2) is 34.9 Å². The Balaban J connectivity index is 1.42. The van der Waals surface area contributed by atoms with E-state index in [1.807, 2.05) is 29.2 Å². The molecule has 2 aliphatic heterocycles. The molecule has 2 saturated heterocycles. The molecular formula is C20H24ClN3O2. The monoisotopic (exact) mass is 373 g/mol. The standard InChI is InChI=1S/C20H24ClN3O2/c21-16-7-5-15(6-8-16)12-17-13-22-20(26-17)18-4-3-11-24(18)19(25)14-23-9-1-2-10-23/h5-8,13,18H,1-4,9-12,14H2. The highest BCUT2D eigenvalue weighted by molar-refractivity contribution is 6.30. The van der Waals surface area contributed by atoms with E-state index in [1.54, 1.807) is 6.20 Å². The van der Waals surface area contributed by atoms with Crippen molar-refractivity contribution in [2.45, 2.75) is 38.1 Å². The maximum Gasteiger partial charge on any atom is 0.237 e. The molecular weight excluding hydrogens is 350 g/mol. The van der Waals surface area contributed by atoms with Crippen LogP contribution in [0.5, 0.6) is 0 Å². The molecule has 0 saturated carbocycles. The molecule has 2 aliphatic rings. The molecule has 0 spiro atoms. The fourth-order valence-electron chi connectivity index (χ4n) is 3.91. The van der Waals surface area contributed by atoms with Crippen molar-refractivity contribution in [1.82, 2.24) is 14.8 Å². The lowest BCUT2D eigenvalue weighted by atomic mass is 10.1. The molecule has 3 heterocycles. The van der Waals surface area contributed by atoms with Crippen LogP contribution in [0.2, 0.25) is 5.02 Å². The molecule has 2 fully saturated rings. The molecule has 4 rings (SSSR count). The Kier molecular flexibility index (Phi) is 5.27. The van der Waals surface area contributed by atoms with Crippen LogP contribution in [0, 0.1) is 0 Å². The summed E-state index contributed by atoms with van der Waals surface area (Å²) in [6, 6.07) is 7.72. The van der Waals surface area contributed by atoms with Gasteiger partial charge in [0.2, 0.25) is 11.8 Å². The van der Waals surface area contributed by atoms with E-state index in [9.17, 15) is 4.79 Å². The molecule has 5 nitrogen and oxygen atoms in total. The van der Waals surface area contributed by atoms with Gasteiger partial charge in [0.1, 0.15) is 11.8 Å². The van der Waals surface area contributed by atoms with Crippen molar-refractivity contribution in [2.24, 2.45) is 0 Å². The zero-order chi connectivity index (χ0) is 17.9. The molecule has 1 atom stereocenters. The van der Waals surface area contributed by atoms with E-state index in [-0.39, 0.29) is 11.9 Å². The first kappa shape index (κ1) is 17.6. The minimum absolute atomic E-state index is 0.0240. The number of halogens is 1. The summed E-state index contributed by atoms with van der Waals surface area (Å²) in [4.78, 5) is 21.4. The number of likely N-dealkylation sites (tertiary alicyclic amines) is 2. The smallest absolute Gasteiger partial charge is 0.237 e. The number of hydrogen-bond acceptors (Lipinski definition) is 4. The molecule has 0 aliphatic carbocycles. The quantitative estimate of drug-likeness (QED) is 0.802. The molecule has 138 valence electrons. The normalized spacial score (nSPS) is 20.8. The van der Waals surface area contributed by atoms with Crippen molar-refractivity contribution in [3.05, 3.63) is 52.7 Å². The maximum atomic E-state index is 12.7. The minimum atomic E-state index is -0.0240. The number of benzene rings is 1. The molecule has 1 aromatic heterocycles. The average molecular weight is 374 g/mol. The first-order valence-corrected chi connectivity index (χ1v) is 9.78. The van der Waals surface area contributed by atoms with Gasteiger partial charge in [0.05, 0.1) is 12.7 Å². The zero-order valence-electron chi connectivity index (χ0n) is 14.9. The summed E-state index contributed by atoms with van der Waals surface area (Å²) in [7, 11) is 0. The van der Waals surface area contributed by atoms with E-state index in [0.29, 0.717) is 18.9 Å². The molecule has 0 radical (unpaired) electrons. The summed E-state index contributed by atoms with van der Waals surface area (Å²) in [6.07, 6.45) is 6.79. The van der Waals surface area contributed by atoms with E-state index in [4.69, 9.17) is 16.0 Å². The Morgan fingerprint density at radius 1 is 1.15 bits per heavy atom. The SMILES string of the molecule is O=C(CN1CCCC1)N1CCCC1c1ncc(Cc2ccc(Cl)cc2)o1. The van der Waals surface area contributed by atoms with E-state index < -0.39 is 0 Å². The van der Waals surface area contributed by atoms with Gasteiger partial charge in [-0.3, -0.25) is 9.69 Å². The maximum absolute atomic E-state index is 12.7. The van der Waals surface area contributed by atoms with Gasteiger partial charge in [-0.15, -0.1) is 0 Å². The first-order valence-electron chi connectivity index (χ1n) is 9.40. The Hall–Kier alpha value is -1.85. The predicted octanol–water partition coefficient (Wildman–Crippen LogP) is 3.68. The van der Waals surface area contributed by atoms with Crippen LogP contribution in [0.1, 0.15) is 48.9 Å². The molecule has 0 N–H and O–H groups in total. The molecule has 1 unspecified atom stereocenters. The van der Waals surface area contributed by atoms with Gasteiger partial charge >= 0.3 is 0 Å².